The van der Waals surface area contributed by atoms with Crippen LogP contribution in [0.4, 0.5) is 20.2 Å². The van der Waals surface area contributed by atoms with Crippen LogP contribution in [0, 0.1) is 21.7 Å². The lowest BCUT2D eigenvalue weighted by Gasteiger charge is -2.22. The zero-order chi connectivity index (χ0) is 13.1. The first-order valence-electron chi connectivity index (χ1n) is 5.55. The molecule has 0 spiro atoms. The lowest BCUT2D eigenvalue weighted by Crippen LogP contribution is -2.27. The predicted molar refractivity (Wildman–Crippen MR) is 60.7 cm³/mol. The number of nitro groups is 1. The third-order valence-corrected chi connectivity index (χ3v) is 2.75. The number of halogens is 2. The van der Waals surface area contributed by atoms with Crippen molar-refractivity contribution in [3.8, 4) is 0 Å². The van der Waals surface area contributed by atoms with Crippen LogP contribution >= 0.6 is 0 Å². The monoisotopic (exact) mass is 258 g/mol. The fourth-order valence-electron chi connectivity index (χ4n) is 1.93. The van der Waals surface area contributed by atoms with Crippen LogP contribution in [0.3, 0.4) is 0 Å². The van der Waals surface area contributed by atoms with E-state index in [1.165, 1.54) is 4.90 Å². The van der Waals surface area contributed by atoms with Crippen LogP contribution in [0.1, 0.15) is 6.42 Å². The number of ether oxygens (including phenoxy) is 1. The second kappa shape index (κ2) is 5.26. The van der Waals surface area contributed by atoms with Gasteiger partial charge in [-0.1, -0.05) is 0 Å². The van der Waals surface area contributed by atoms with Crippen molar-refractivity contribution in [1.82, 2.24) is 0 Å². The third kappa shape index (κ3) is 2.56. The maximum atomic E-state index is 13.8. The van der Waals surface area contributed by atoms with E-state index in [1.54, 1.807) is 0 Å². The molecule has 7 heteroatoms. The minimum Gasteiger partial charge on any atom is -0.380 e. The Labute approximate surface area is 102 Å². The van der Waals surface area contributed by atoms with E-state index in [0.29, 0.717) is 32.7 Å². The minimum absolute atomic E-state index is 0.217. The molecule has 0 amide bonds. The topological polar surface area (TPSA) is 55.6 Å². The Balaban J connectivity index is 2.34. The van der Waals surface area contributed by atoms with E-state index in [0.717, 1.165) is 12.1 Å². The first-order valence-corrected chi connectivity index (χ1v) is 5.55. The van der Waals surface area contributed by atoms with Gasteiger partial charge in [-0.05, 0) is 6.42 Å². The van der Waals surface area contributed by atoms with Crippen LogP contribution in [0.2, 0.25) is 0 Å². The van der Waals surface area contributed by atoms with Crippen molar-refractivity contribution in [3.05, 3.63) is 33.9 Å². The summed E-state index contributed by atoms with van der Waals surface area (Å²) in [6.45, 7) is 1.76. The van der Waals surface area contributed by atoms with Crippen molar-refractivity contribution in [3.63, 3.8) is 0 Å². The fraction of sp³-hybridized carbons (Fsp3) is 0.455. The van der Waals surface area contributed by atoms with Crippen LogP contribution in [-0.2, 0) is 4.74 Å². The number of anilines is 1. The van der Waals surface area contributed by atoms with E-state index in [9.17, 15) is 18.9 Å². The zero-order valence-corrected chi connectivity index (χ0v) is 9.57. The Hall–Kier alpha value is -1.76. The molecule has 0 unspecified atom stereocenters. The van der Waals surface area contributed by atoms with Crippen molar-refractivity contribution in [2.45, 2.75) is 6.42 Å². The van der Waals surface area contributed by atoms with Crippen LogP contribution in [0.25, 0.3) is 0 Å². The summed E-state index contributed by atoms with van der Waals surface area (Å²) in [7, 11) is 0. The van der Waals surface area contributed by atoms with Crippen LogP contribution in [0.5, 0.6) is 0 Å². The van der Waals surface area contributed by atoms with Crippen LogP contribution in [0.15, 0.2) is 12.1 Å². The molecule has 1 aromatic carbocycles. The van der Waals surface area contributed by atoms with Gasteiger partial charge in [0.15, 0.2) is 11.6 Å². The lowest BCUT2D eigenvalue weighted by atomic mass is 10.2. The van der Waals surface area contributed by atoms with E-state index in [-0.39, 0.29) is 5.69 Å². The molecule has 0 aromatic heterocycles. The molecule has 2 rings (SSSR count). The molecule has 0 radical (unpaired) electrons. The van der Waals surface area contributed by atoms with Crippen molar-refractivity contribution < 1.29 is 18.4 Å². The smallest absolute Gasteiger partial charge is 0.275 e. The second-order valence-electron chi connectivity index (χ2n) is 3.97. The van der Waals surface area contributed by atoms with E-state index in [4.69, 9.17) is 4.74 Å². The summed E-state index contributed by atoms with van der Waals surface area (Å²) in [6.07, 6.45) is 0.663. The number of non-ortho nitro benzene ring substituents is 1. The Morgan fingerprint density at radius 3 is 2.50 bits per heavy atom. The Kier molecular flexibility index (Phi) is 3.71. The Morgan fingerprint density at radius 2 is 1.89 bits per heavy atom. The maximum absolute atomic E-state index is 13.8. The van der Waals surface area contributed by atoms with E-state index < -0.39 is 22.2 Å². The highest BCUT2D eigenvalue weighted by atomic mass is 19.1. The number of benzene rings is 1. The predicted octanol–water partition coefficient (Wildman–Crippen LogP) is 2.10. The van der Waals surface area contributed by atoms with Crippen molar-refractivity contribution in [2.24, 2.45) is 0 Å². The molecule has 1 heterocycles. The quantitative estimate of drug-likeness (QED) is 0.602. The molecule has 0 saturated carbocycles. The van der Waals surface area contributed by atoms with E-state index in [2.05, 4.69) is 0 Å². The van der Waals surface area contributed by atoms with Gasteiger partial charge in [0, 0.05) is 19.7 Å². The molecule has 0 atom stereocenters. The molecule has 0 bridgehead atoms. The molecule has 1 aliphatic heterocycles. The highest BCUT2D eigenvalue weighted by Gasteiger charge is 2.22. The normalized spacial score (nSPS) is 16.4. The van der Waals surface area contributed by atoms with Gasteiger partial charge in [0.2, 0.25) is 0 Å². The first-order chi connectivity index (χ1) is 8.59. The molecule has 0 aliphatic carbocycles. The molecule has 18 heavy (non-hydrogen) atoms. The zero-order valence-electron chi connectivity index (χ0n) is 9.57. The minimum atomic E-state index is -0.913. The average Bonchev–Trinajstić information content (AvgIpc) is 2.57. The number of nitrogens with zero attached hydrogens (tertiary/aromatic N) is 2. The summed E-state index contributed by atoms with van der Waals surface area (Å²) in [5.74, 6) is -1.83. The summed E-state index contributed by atoms with van der Waals surface area (Å²) < 4.78 is 32.7. The lowest BCUT2D eigenvalue weighted by molar-refractivity contribution is -0.385. The Morgan fingerprint density at radius 1 is 1.22 bits per heavy atom. The third-order valence-electron chi connectivity index (χ3n) is 2.75. The molecule has 1 fully saturated rings. The Bertz CT molecular complexity index is 437. The summed E-state index contributed by atoms with van der Waals surface area (Å²) in [4.78, 5) is 11.2. The molecule has 0 N–H and O–H groups in total. The fourth-order valence-corrected chi connectivity index (χ4v) is 1.93. The van der Waals surface area contributed by atoms with Crippen LogP contribution < -0.4 is 4.90 Å². The van der Waals surface area contributed by atoms with Gasteiger partial charge in [0.1, 0.15) is 5.69 Å². The van der Waals surface area contributed by atoms with Crippen LogP contribution in [-0.4, -0.2) is 31.2 Å². The standard InChI is InChI=1S/C11H12F2N2O3/c12-9-6-8(15(16)17)7-10(13)11(9)14-2-1-4-18-5-3-14/h6-7H,1-5H2. The first kappa shape index (κ1) is 12.7. The molecule has 5 nitrogen and oxygen atoms in total. The summed E-state index contributed by atoms with van der Waals surface area (Å²) in [6, 6.07) is 1.48. The number of hydrogen-bond acceptors (Lipinski definition) is 4. The van der Waals surface area contributed by atoms with E-state index >= 15 is 0 Å². The van der Waals surface area contributed by atoms with Crippen molar-refractivity contribution in [2.75, 3.05) is 31.2 Å². The van der Waals surface area contributed by atoms with Crippen molar-refractivity contribution >= 4 is 11.4 Å². The molecular weight excluding hydrogens is 246 g/mol. The second-order valence-corrected chi connectivity index (χ2v) is 3.97. The molecule has 1 saturated heterocycles. The van der Waals surface area contributed by atoms with Gasteiger partial charge in [-0.3, -0.25) is 10.1 Å². The number of nitro benzene ring substituents is 1. The SMILES string of the molecule is O=[N+]([O-])c1cc(F)c(N2CCCOCC2)c(F)c1. The molecule has 1 aliphatic rings. The largest absolute Gasteiger partial charge is 0.380 e. The average molecular weight is 258 g/mol. The van der Waals surface area contributed by atoms with Gasteiger partial charge in [0.05, 0.1) is 23.7 Å². The highest BCUT2D eigenvalue weighted by molar-refractivity contribution is 5.53. The van der Waals surface area contributed by atoms with Gasteiger partial charge >= 0.3 is 0 Å². The van der Waals surface area contributed by atoms with Crippen molar-refractivity contribution in [1.29, 1.82) is 0 Å². The number of hydrogen-bond donors (Lipinski definition) is 0. The molecular formula is C11H12F2N2O3. The van der Waals surface area contributed by atoms with Gasteiger partial charge in [-0.2, -0.15) is 0 Å². The maximum Gasteiger partial charge on any atom is 0.275 e. The van der Waals surface area contributed by atoms with Gasteiger partial charge in [0.25, 0.3) is 5.69 Å². The van der Waals surface area contributed by atoms with E-state index in [1.807, 2.05) is 0 Å². The van der Waals surface area contributed by atoms with Gasteiger partial charge in [-0.15, -0.1) is 0 Å². The summed E-state index contributed by atoms with van der Waals surface area (Å²) in [5, 5.41) is 10.5. The molecule has 1 aromatic rings. The van der Waals surface area contributed by atoms with Gasteiger partial charge in [-0.25, -0.2) is 8.78 Å². The molecule has 98 valence electrons. The number of rotatable bonds is 2. The highest BCUT2D eigenvalue weighted by Crippen LogP contribution is 2.28. The summed E-state index contributed by atoms with van der Waals surface area (Å²) >= 11 is 0. The van der Waals surface area contributed by atoms with Gasteiger partial charge < -0.3 is 9.64 Å². The summed E-state index contributed by atoms with van der Waals surface area (Å²) in [5.41, 5.74) is -0.800.